The third kappa shape index (κ3) is 15.4. The molecule has 0 saturated heterocycles. The molecule has 0 rings (SSSR count). The summed E-state index contributed by atoms with van der Waals surface area (Å²) in [5.41, 5.74) is -0.441. The fourth-order valence-electron chi connectivity index (χ4n) is 1.17. The number of hydrogen-bond acceptors (Lipinski definition) is 5. The first-order valence-corrected chi connectivity index (χ1v) is 6.61. The van der Waals surface area contributed by atoms with Gasteiger partial charge in [0, 0.05) is 6.61 Å². The molecular weight excluding hydrogens is 247 g/mol. The molecule has 0 aromatic carbocycles. The highest BCUT2D eigenvalue weighted by atomic mass is 16.6. The maximum atomic E-state index is 11.3. The van der Waals surface area contributed by atoms with Crippen LogP contribution >= 0.6 is 0 Å². The lowest BCUT2D eigenvalue weighted by Crippen LogP contribution is -2.24. The first-order chi connectivity index (χ1) is 8.95. The molecule has 2 radical (unpaired) electrons. The van der Waals surface area contributed by atoms with Crippen molar-refractivity contribution < 1.29 is 23.7 Å². The largest absolute Gasteiger partial charge is 0.460 e. The SMILES string of the molecule is [B]CCOCCOCCOCCC(=O)OC(C)(C)C. The highest BCUT2D eigenvalue weighted by Crippen LogP contribution is 2.07. The molecule has 19 heavy (non-hydrogen) atoms. The molecule has 0 N–H and O–H groups in total. The first kappa shape index (κ1) is 18.4. The van der Waals surface area contributed by atoms with Gasteiger partial charge < -0.3 is 18.9 Å². The van der Waals surface area contributed by atoms with E-state index in [9.17, 15) is 4.79 Å². The Bertz CT molecular complexity index is 228. The van der Waals surface area contributed by atoms with E-state index < -0.39 is 5.60 Å². The van der Waals surface area contributed by atoms with Gasteiger partial charge in [0.15, 0.2) is 0 Å². The summed E-state index contributed by atoms with van der Waals surface area (Å²) in [5.74, 6) is -0.247. The Labute approximate surface area is 117 Å². The molecule has 0 spiro atoms. The first-order valence-electron chi connectivity index (χ1n) is 6.61. The molecule has 5 nitrogen and oxygen atoms in total. The average Bonchev–Trinajstić information content (AvgIpc) is 2.29. The second kappa shape index (κ2) is 11.3. The van der Waals surface area contributed by atoms with Crippen LogP contribution in [0.2, 0.25) is 6.32 Å². The minimum Gasteiger partial charge on any atom is -0.460 e. The van der Waals surface area contributed by atoms with Gasteiger partial charge in [-0.1, -0.05) is 6.32 Å². The third-order valence-corrected chi connectivity index (χ3v) is 1.88. The van der Waals surface area contributed by atoms with Gasteiger partial charge in [0.05, 0.1) is 47.3 Å². The van der Waals surface area contributed by atoms with Crippen LogP contribution in [0.4, 0.5) is 0 Å². The summed E-state index contributed by atoms with van der Waals surface area (Å²) < 4.78 is 20.8. The number of esters is 1. The predicted molar refractivity (Wildman–Crippen MR) is 73.5 cm³/mol. The Balaban J connectivity index is 3.21. The zero-order valence-corrected chi connectivity index (χ0v) is 12.3. The molecule has 0 aliphatic carbocycles. The van der Waals surface area contributed by atoms with Gasteiger partial charge in [-0.15, -0.1) is 0 Å². The third-order valence-electron chi connectivity index (χ3n) is 1.88. The highest BCUT2D eigenvalue weighted by Gasteiger charge is 2.15. The van der Waals surface area contributed by atoms with E-state index in [0.29, 0.717) is 46.0 Å². The molecule has 110 valence electrons. The molecule has 0 amide bonds. The summed E-state index contributed by atoms with van der Waals surface area (Å²) in [5, 5.41) is 0. The van der Waals surface area contributed by atoms with E-state index in [4.69, 9.17) is 26.8 Å². The van der Waals surface area contributed by atoms with E-state index in [2.05, 4.69) is 0 Å². The molecule has 0 fully saturated rings. The van der Waals surface area contributed by atoms with Gasteiger partial charge in [-0.3, -0.25) is 4.79 Å². The summed E-state index contributed by atoms with van der Waals surface area (Å²) >= 11 is 0. The normalized spacial score (nSPS) is 11.5. The van der Waals surface area contributed by atoms with Gasteiger partial charge in [-0.2, -0.15) is 0 Å². The van der Waals surface area contributed by atoms with E-state index in [1.807, 2.05) is 20.8 Å². The van der Waals surface area contributed by atoms with Crippen molar-refractivity contribution in [3.63, 3.8) is 0 Å². The molecule has 0 unspecified atom stereocenters. The zero-order chi connectivity index (χ0) is 14.6. The van der Waals surface area contributed by atoms with Crippen molar-refractivity contribution in [1.29, 1.82) is 0 Å². The van der Waals surface area contributed by atoms with Crippen LogP contribution in [0.5, 0.6) is 0 Å². The van der Waals surface area contributed by atoms with Crippen molar-refractivity contribution in [2.75, 3.05) is 39.6 Å². The Morgan fingerprint density at radius 3 is 1.84 bits per heavy atom. The molecule has 0 aliphatic rings. The van der Waals surface area contributed by atoms with Gasteiger partial charge in [0.2, 0.25) is 0 Å². The summed E-state index contributed by atoms with van der Waals surface area (Å²) in [4.78, 5) is 11.3. The van der Waals surface area contributed by atoms with Crippen molar-refractivity contribution in [3.8, 4) is 0 Å². The Kier molecular flexibility index (Phi) is 10.9. The fraction of sp³-hybridized carbons (Fsp3) is 0.923. The molecule has 0 atom stereocenters. The van der Waals surface area contributed by atoms with Gasteiger partial charge in [0.25, 0.3) is 0 Å². The molecule has 0 aliphatic heterocycles. The van der Waals surface area contributed by atoms with Crippen molar-refractivity contribution in [2.45, 2.75) is 39.1 Å². The Morgan fingerprint density at radius 1 is 0.895 bits per heavy atom. The lowest BCUT2D eigenvalue weighted by molar-refractivity contribution is -0.156. The second-order valence-electron chi connectivity index (χ2n) is 4.96. The molecule has 0 saturated carbocycles. The van der Waals surface area contributed by atoms with Crippen LogP contribution in [0, 0.1) is 0 Å². The van der Waals surface area contributed by atoms with E-state index in [1.54, 1.807) is 0 Å². The Morgan fingerprint density at radius 2 is 1.37 bits per heavy atom. The van der Waals surface area contributed by atoms with Crippen LogP contribution in [-0.2, 0) is 23.7 Å². The van der Waals surface area contributed by atoms with E-state index >= 15 is 0 Å². The molecule has 0 aromatic rings. The van der Waals surface area contributed by atoms with Crippen LogP contribution in [0.15, 0.2) is 0 Å². The van der Waals surface area contributed by atoms with Crippen LogP contribution in [-0.4, -0.2) is 59.1 Å². The zero-order valence-electron chi connectivity index (χ0n) is 12.3. The standard InChI is InChI=1S/C13H25BO5/c1-13(2,3)19-12(15)4-6-16-8-10-18-11-9-17-7-5-14/h4-11H2,1-3H3. The lowest BCUT2D eigenvalue weighted by Gasteiger charge is -2.19. The van der Waals surface area contributed by atoms with E-state index in [0.717, 1.165) is 0 Å². The average molecular weight is 272 g/mol. The second-order valence-corrected chi connectivity index (χ2v) is 4.96. The van der Waals surface area contributed by atoms with Gasteiger partial charge in [-0.05, 0) is 20.8 Å². The fourth-order valence-corrected chi connectivity index (χ4v) is 1.17. The van der Waals surface area contributed by atoms with E-state index in [-0.39, 0.29) is 12.4 Å². The number of hydrogen-bond donors (Lipinski definition) is 0. The van der Waals surface area contributed by atoms with Crippen LogP contribution < -0.4 is 0 Å². The number of ether oxygens (including phenoxy) is 4. The van der Waals surface area contributed by atoms with Crippen molar-refractivity contribution in [1.82, 2.24) is 0 Å². The van der Waals surface area contributed by atoms with Crippen molar-refractivity contribution in [2.24, 2.45) is 0 Å². The molecule has 0 bridgehead atoms. The quantitative estimate of drug-likeness (QED) is 0.323. The topological polar surface area (TPSA) is 54.0 Å². The van der Waals surface area contributed by atoms with Crippen LogP contribution in [0.1, 0.15) is 27.2 Å². The molecule has 0 aromatic heterocycles. The predicted octanol–water partition coefficient (Wildman–Crippen LogP) is 1.35. The van der Waals surface area contributed by atoms with Gasteiger partial charge >= 0.3 is 5.97 Å². The number of carbonyl (C=O) groups excluding carboxylic acids is 1. The Hall–Kier alpha value is -0.585. The summed E-state index contributed by atoms with van der Waals surface area (Å²) in [6.45, 7) is 8.42. The maximum absolute atomic E-state index is 11.3. The van der Waals surface area contributed by atoms with Crippen molar-refractivity contribution >= 4 is 13.8 Å². The van der Waals surface area contributed by atoms with Crippen LogP contribution in [0.3, 0.4) is 0 Å². The maximum Gasteiger partial charge on any atom is 0.308 e. The lowest BCUT2D eigenvalue weighted by atomic mass is 10.1. The monoisotopic (exact) mass is 272 g/mol. The van der Waals surface area contributed by atoms with Crippen LogP contribution in [0.25, 0.3) is 0 Å². The minimum absolute atomic E-state index is 0.247. The molecule has 6 heteroatoms. The number of rotatable bonds is 11. The summed E-state index contributed by atoms with van der Waals surface area (Å²) in [6, 6.07) is 0. The highest BCUT2D eigenvalue weighted by molar-refractivity contribution is 6.08. The smallest absolute Gasteiger partial charge is 0.308 e. The number of carbonyl (C=O) groups is 1. The van der Waals surface area contributed by atoms with E-state index in [1.165, 1.54) is 0 Å². The summed E-state index contributed by atoms with van der Waals surface area (Å²) in [7, 11) is 5.26. The summed E-state index contributed by atoms with van der Waals surface area (Å²) in [6.07, 6.45) is 0.782. The van der Waals surface area contributed by atoms with Gasteiger partial charge in [0.1, 0.15) is 5.60 Å². The molecular formula is C13H25BO5. The minimum atomic E-state index is -0.441. The van der Waals surface area contributed by atoms with Gasteiger partial charge in [-0.25, -0.2) is 0 Å². The van der Waals surface area contributed by atoms with Crippen molar-refractivity contribution in [3.05, 3.63) is 0 Å². The molecule has 0 heterocycles.